The standard InChI is InChI=1S/C6H8O7.C6H12O7.2Mg/c7-3(8)1-6(13,5(11)12)2-4(9)10;7-1-2(8)3(9)4(10)5(11)6(12)13;;/h13H,1-2H2,(H,7,8)(H,9,10)(H,11,12);2-5,7-11H,1H2,(H,12,13);;/q;;2*+2/p-4/t;2-,3-,4+,5-;;/m.1../s1. The molecule has 0 fully saturated rings. The summed E-state index contributed by atoms with van der Waals surface area (Å²) >= 11 is 0. The van der Waals surface area contributed by atoms with E-state index in [-0.39, 0.29) is 46.1 Å². The zero-order valence-electron chi connectivity index (χ0n) is 14.3. The predicted molar refractivity (Wildman–Crippen MR) is 76.8 cm³/mol. The summed E-state index contributed by atoms with van der Waals surface area (Å²) < 4.78 is 0. The first-order valence-electron chi connectivity index (χ1n) is 6.57. The first-order chi connectivity index (χ1) is 11.7. The predicted octanol–water partition coefficient (Wildman–Crippen LogP) is -10.8. The minimum atomic E-state index is -2.97. The third kappa shape index (κ3) is 13.4. The molecule has 0 unspecified atom stereocenters. The largest absolute Gasteiger partial charge is 2.00 e. The Labute approximate surface area is 189 Å². The van der Waals surface area contributed by atoms with Crippen molar-refractivity contribution in [3.8, 4) is 0 Å². The van der Waals surface area contributed by atoms with E-state index in [4.69, 9.17) is 30.6 Å². The van der Waals surface area contributed by atoms with Crippen molar-refractivity contribution in [3.05, 3.63) is 0 Å². The molecule has 0 aromatic heterocycles. The fourth-order valence-electron chi connectivity index (χ4n) is 1.35. The zero-order chi connectivity index (χ0) is 21.2. The van der Waals surface area contributed by atoms with Gasteiger partial charge in [-0.15, -0.1) is 0 Å². The summed E-state index contributed by atoms with van der Waals surface area (Å²) in [7, 11) is 0. The molecule has 28 heavy (non-hydrogen) atoms. The van der Waals surface area contributed by atoms with Gasteiger partial charge < -0.3 is 70.2 Å². The van der Waals surface area contributed by atoms with Crippen molar-refractivity contribution in [2.45, 2.75) is 42.9 Å². The van der Waals surface area contributed by atoms with Gasteiger partial charge in [0.2, 0.25) is 0 Å². The summed E-state index contributed by atoms with van der Waals surface area (Å²) in [6, 6.07) is 0. The number of carboxylic acid groups (broad SMARTS) is 4. The van der Waals surface area contributed by atoms with Gasteiger partial charge in [0.05, 0.1) is 18.5 Å². The molecule has 0 aliphatic rings. The van der Waals surface area contributed by atoms with Crippen molar-refractivity contribution in [2.24, 2.45) is 0 Å². The SMILES string of the molecule is O=C([O-])CC(O)(CC(=O)[O-])C(=O)[O-].O=C([O-])[C@H](O)[C@@H](O)[C@H](O)[C@H](O)CO.[Mg+2].[Mg+2]. The summed E-state index contributed by atoms with van der Waals surface area (Å²) in [4.78, 5) is 40.0. The molecule has 0 aromatic rings. The Balaban J connectivity index is -0.000000192. The van der Waals surface area contributed by atoms with E-state index in [1.807, 2.05) is 0 Å². The second kappa shape index (κ2) is 16.0. The van der Waals surface area contributed by atoms with Gasteiger partial charge in [-0.1, -0.05) is 0 Å². The van der Waals surface area contributed by atoms with Gasteiger partial charge in [-0.25, -0.2) is 0 Å². The van der Waals surface area contributed by atoms with Crippen molar-refractivity contribution < 1.29 is 70.2 Å². The van der Waals surface area contributed by atoms with Crippen LogP contribution in [0.25, 0.3) is 0 Å². The molecule has 16 heteroatoms. The number of carboxylic acids is 4. The topological polar surface area (TPSA) is 282 Å². The Kier molecular flexibility index (Phi) is 19.8. The van der Waals surface area contributed by atoms with Crippen molar-refractivity contribution in [2.75, 3.05) is 6.61 Å². The van der Waals surface area contributed by atoms with Crippen LogP contribution in [0, 0.1) is 0 Å². The molecule has 0 aliphatic heterocycles. The molecule has 14 nitrogen and oxygen atoms in total. The average molecular weight is 433 g/mol. The third-order valence-corrected chi connectivity index (χ3v) is 2.75. The van der Waals surface area contributed by atoms with Crippen LogP contribution in [0.1, 0.15) is 12.8 Å². The van der Waals surface area contributed by atoms with E-state index in [0.717, 1.165) is 0 Å². The van der Waals surface area contributed by atoms with E-state index in [9.17, 15) is 39.6 Å². The molecule has 0 radical (unpaired) electrons. The summed E-state index contributed by atoms with van der Waals surface area (Å²) in [6.07, 6.45) is -10.8. The van der Waals surface area contributed by atoms with Crippen LogP contribution in [0.5, 0.6) is 0 Å². The van der Waals surface area contributed by atoms with Gasteiger partial charge in [-0.05, 0) is 0 Å². The number of aliphatic carboxylic acids is 4. The van der Waals surface area contributed by atoms with E-state index in [0.29, 0.717) is 0 Å². The summed E-state index contributed by atoms with van der Waals surface area (Å²) in [6.45, 7) is -0.863. The minimum absolute atomic E-state index is 0. The fourth-order valence-corrected chi connectivity index (χ4v) is 1.35. The van der Waals surface area contributed by atoms with E-state index in [2.05, 4.69) is 0 Å². The zero-order valence-corrected chi connectivity index (χ0v) is 17.1. The molecule has 4 atom stereocenters. The van der Waals surface area contributed by atoms with Gasteiger partial charge in [-0.3, -0.25) is 0 Å². The van der Waals surface area contributed by atoms with Gasteiger partial charge in [-0.2, -0.15) is 0 Å². The molecule has 0 bridgehead atoms. The smallest absolute Gasteiger partial charge is 0.550 e. The van der Waals surface area contributed by atoms with Crippen LogP contribution in [-0.4, -0.2) is 137 Å². The first kappa shape index (κ1) is 34.7. The molecule has 0 rings (SSSR count). The van der Waals surface area contributed by atoms with Crippen LogP contribution in [0.4, 0.5) is 0 Å². The second-order valence-electron chi connectivity index (χ2n) is 4.91. The minimum Gasteiger partial charge on any atom is -0.550 e. The third-order valence-electron chi connectivity index (χ3n) is 2.75. The van der Waals surface area contributed by atoms with Crippen molar-refractivity contribution in [1.29, 1.82) is 0 Å². The molecule has 152 valence electrons. The van der Waals surface area contributed by atoms with Gasteiger partial charge in [0.25, 0.3) is 0 Å². The Morgan fingerprint density at radius 3 is 1.36 bits per heavy atom. The quantitative estimate of drug-likeness (QED) is 0.175. The average Bonchev–Trinajstić information content (AvgIpc) is 2.50. The fraction of sp³-hybridized carbons (Fsp3) is 0.667. The molecule has 6 N–H and O–H groups in total. The van der Waals surface area contributed by atoms with Gasteiger partial charge >= 0.3 is 46.1 Å². The summed E-state index contributed by atoms with van der Waals surface area (Å²) in [5.41, 5.74) is -2.97. The number of aliphatic hydroxyl groups excluding tert-OH is 5. The molecule has 0 aromatic carbocycles. The maximum absolute atomic E-state index is 10.1. The molecule has 0 saturated carbocycles. The van der Waals surface area contributed by atoms with Crippen LogP contribution in [0.3, 0.4) is 0 Å². The van der Waals surface area contributed by atoms with Gasteiger partial charge in [0, 0.05) is 24.8 Å². The molecule has 0 amide bonds. The van der Waals surface area contributed by atoms with E-state index in [1.54, 1.807) is 0 Å². The second-order valence-corrected chi connectivity index (χ2v) is 4.91. The Hall–Kier alpha value is -0.828. The Morgan fingerprint density at radius 2 is 1.14 bits per heavy atom. The van der Waals surface area contributed by atoms with Crippen LogP contribution in [-0.2, 0) is 19.2 Å². The number of hydrogen-bond acceptors (Lipinski definition) is 14. The molecule has 0 heterocycles. The monoisotopic (exact) mass is 432 g/mol. The molecule has 0 saturated heterocycles. The van der Waals surface area contributed by atoms with Crippen LogP contribution in [0.15, 0.2) is 0 Å². The normalized spacial score (nSPS) is 14.5. The molecular formula is C12H16Mg2O14. The van der Waals surface area contributed by atoms with Crippen LogP contribution in [0.2, 0.25) is 0 Å². The molecule has 0 spiro atoms. The van der Waals surface area contributed by atoms with Crippen molar-refractivity contribution in [1.82, 2.24) is 0 Å². The molecule has 0 aliphatic carbocycles. The van der Waals surface area contributed by atoms with Crippen molar-refractivity contribution in [3.63, 3.8) is 0 Å². The number of hydrogen-bond donors (Lipinski definition) is 6. The van der Waals surface area contributed by atoms with Crippen LogP contribution >= 0.6 is 0 Å². The van der Waals surface area contributed by atoms with Crippen molar-refractivity contribution >= 4 is 70.0 Å². The number of aliphatic hydroxyl groups is 6. The number of carbonyl (C=O) groups is 4. The first-order valence-corrected chi connectivity index (χ1v) is 6.57. The maximum Gasteiger partial charge on any atom is 2.00 e. The van der Waals surface area contributed by atoms with Crippen LogP contribution < -0.4 is 20.4 Å². The van der Waals surface area contributed by atoms with E-state index >= 15 is 0 Å². The maximum atomic E-state index is 10.1. The Bertz CT molecular complexity index is 497. The van der Waals surface area contributed by atoms with Gasteiger partial charge in [0.15, 0.2) is 0 Å². The summed E-state index contributed by atoms with van der Waals surface area (Å²) in [5, 5.41) is 92.4. The number of rotatable bonds is 10. The van der Waals surface area contributed by atoms with E-state index in [1.165, 1.54) is 0 Å². The van der Waals surface area contributed by atoms with E-state index < -0.39 is 73.3 Å². The number of carbonyl (C=O) groups excluding carboxylic acids is 4. The van der Waals surface area contributed by atoms with Gasteiger partial charge in [0.1, 0.15) is 30.0 Å². The Morgan fingerprint density at radius 1 is 0.786 bits per heavy atom. The molecular weight excluding hydrogens is 417 g/mol. The summed E-state index contributed by atoms with van der Waals surface area (Å²) in [5.74, 6) is -7.96.